The minimum absolute atomic E-state index is 0.130. The maximum Gasteiger partial charge on any atom is 0.410 e. The van der Waals surface area contributed by atoms with Crippen molar-refractivity contribution >= 4 is 29.4 Å². The molecule has 2 amide bonds. The number of hydrogen-bond donors (Lipinski definition) is 1. The predicted molar refractivity (Wildman–Crippen MR) is 197 cm³/mol. The molecule has 13 heteroatoms. The third kappa shape index (κ3) is 9.43. The molecule has 0 bridgehead atoms. The average Bonchev–Trinajstić information content (AvgIpc) is 3.09. The zero-order chi connectivity index (χ0) is 37.0. The summed E-state index contributed by atoms with van der Waals surface area (Å²) in [5.41, 5.74) is -0.245. The van der Waals surface area contributed by atoms with Gasteiger partial charge < -0.3 is 29.3 Å². The van der Waals surface area contributed by atoms with E-state index in [1.54, 1.807) is 29.3 Å². The molecule has 0 spiro atoms. The molecular weight excluding hydrogens is 670 g/mol. The monoisotopic (exact) mass is 723 g/mol. The molecule has 278 valence electrons. The van der Waals surface area contributed by atoms with Crippen molar-refractivity contribution < 1.29 is 23.8 Å². The van der Waals surface area contributed by atoms with Gasteiger partial charge in [0, 0.05) is 94.6 Å². The molecule has 1 aromatic heterocycles. The Kier molecular flexibility index (Phi) is 12.1. The Morgan fingerprint density at radius 2 is 1.55 bits per heavy atom. The van der Waals surface area contributed by atoms with E-state index >= 15 is 0 Å². The maximum atomic E-state index is 13.4. The summed E-state index contributed by atoms with van der Waals surface area (Å²) in [5, 5.41) is 12.8. The third-order valence-corrected chi connectivity index (χ3v) is 10.6. The van der Waals surface area contributed by atoms with Crippen LogP contribution in [0.1, 0.15) is 64.4 Å². The van der Waals surface area contributed by atoms with Crippen molar-refractivity contribution in [3.05, 3.63) is 52.7 Å². The zero-order valence-corrected chi connectivity index (χ0v) is 32.0. The molecule has 3 fully saturated rings. The molecule has 1 saturated carbocycles. The number of benzene rings is 1. The molecular formula is C38H54ClN7O5. The summed E-state index contributed by atoms with van der Waals surface area (Å²) in [5.74, 6) is 1.31. The van der Waals surface area contributed by atoms with E-state index in [0.29, 0.717) is 48.2 Å². The van der Waals surface area contributed by atoms with Crippen LogP contribution in [0.2, 0.25) is 5.02 Å². The summed E-state index contributed by atoms with van der Waals surface area (Å²) in [6.07, 6.45) is 1.25. The standard InChI is InChI=1S/C38H54ClN7O5/c1-36(2,3)51-35(48)46-18-14-44(15-19-46)21-23-49-22-20-43-12-16-45(17-13-43)31-11-9-28(26-41-31)32(47)42-33-37(4,5)34(38(33,6)7)50-29-10-8-27(25-40)30(39)24-29/h8-11,24,26,33-34H,12-23H2,1-7H3,(H,42,47). The smallest absolute Gasteiger partial charge is 0.410 e. The lowest BCUT2D eigenvalue weighted by Gasteiger charge is -2.63. The maximum absolute atomic E-state index is 13.4. The number of hydrogen-bond acceptors (Lipinski definition) is 10. The van der Waals surface area contributed by atoms with Gasteiger partial charge in [0.05, 0.1) is 29.4 Å². The van der Waals surface area contributed by atoms with Gasteiger partial charge in [0.1, 0.15) is 29.3 Å². The van der Waals surface area contributed by atoms with Crippen LogP contribution in [-0.4, -0.2) is 128 Å². The number of carbonyl (C=O) groups excluding carboxylic acids is 2. The van der Waals surface area contributed by atoms with Gasteiger partial charge >= 0.3 is 6.09 Å². The van der Waals surface area contributed by atoms with Crippen molar-refractivity contribution in [2.75, 3.05) is 83.6 Å². The first-order valence-electron chi connectivity index (χ1n) is 18.0. The second-order valence-corrected chi connectivity index (χ2v) is 16.4. The Hall–Kier alpha value is -3.63. The minimum atomic E-state index is -0.474. The molecule has 0 unspecified atom stereocenters. The van der Waals surface area contributed by atoms with E-state index < -0.39 is 5.60 Å². The summed E-state index contributed by atoms with van der Waals surface area (Å²) in [4.78, 5) is 39.1. The molecule has 0 radical (unpaired) electrons. The highest BCUT2D eigenvalue weighted by Crippen LogP contribution is 2.55. The topological polar surface area (TPSA) is 124 Å². The number of ether oxygens (including phenoxy) is 3. The Bertz CT molecular complexity index is 1540. The Labute approximate surface area is 307 Å². The Morgan fingerprint density at radius 1 is 0.941 bits per heavy atom. The number of rotatable bonds is 11. The molecule has 12 nitrogen and oxygen atoms in total. The van der Waals surface area contributed by atoms with Crippen LogP contribution in [-0.2, 0) is 9.47 Å². The summed E-state index contributed by atoms with van der Waals surface area (Å²) < 4.78 is 17.8. The second-order valence-electron chi connectivity index (χ2n) is 16.0. The highest BCUT2D eigenvalue weighted by molar-refractivity contribution is 6.31. The highest BCUT2D eigenvalue weighted by Gasteiger charge is 2.64. The van der Waals surface area contributed by atoms with Gasteiger partial charge in [-0.15, -0.1) is 0 Å². The molecule has 51 heavy (non-hydrogen) atoms. The molecule has 3 heterocycles. The van der Waals surface area contributed by atoms with Crippen LogP contribution in [0.25, 0.3) is 0 Å². The van der Waals surface area contributed by atoms with E-state index in [0.717, 1.165) is 58.2 Å². The van der Waals surface area contributed by atoms with Gasteiger partial charge in [-0.25, -0.2) is 9.78 Å². The van der Waals surface area contributed by atoms with Gasteiger partial charge in [-0.05, 0) is 45.0 Å². The lowest BCUT2D eigenvalue weighted by molar-refractivity contribution is -0.164. The van der Waals surface area contributed by atoms with Crippen molar-refractivity contribution in [3.63, 3.8) is 0 Å². The molecule has 2 aliphatic heterocycles. The number of halogens is 1. The fourth-order valence-corrected chi connectivity index (χ4v) is 7.90. The highest BCUT2D eigenvalue weighted by atomic mass is 35.5. The van der Waals surface area contributed by atoms with Crippen LogP contribution < -0.4 is 15.0 Å². The normalized spacial score (nSPS) is 22.1. The van der Waals surface area contributed by atoms with Gasteiger partial charge in [0.15, 0.2) is 0 Å². The van der Waals surface area contributed by atoms with Gasteiger partial charge in [0.2, 0.25) is 0 Å². The first kappa shape index (κ1) is 38.6. The number of carbonyl (C=O) groups is 2. The number of pyridine rings is 1. The van der Waals surface area contributed by atoms with Crippen LogP contribution >= 0.6 is 11.6 Å². The number of anilines is 1. The third-order valence-electron chi connectivity index (χ3n) is 10.3. The van der Waals surface area contributed by atoms with Crippen molar-refractivity contribution in [1.29, 1.82) is 5.26 Å². The van der Waals surface area contributed by atoms with Gasteiger partial charge in [-0.1, -0.05) is 39.3 Å². The molecule has 1 N–H and O–H groups in total. The van der Waals surface area contributed by atoms with Crippen molar-refractivity contribution in [1.82, 2.24) is 25.0 Å². The van der Waals surface area contributed by atoms with Gasteiger partial charge in [-0.3, -0.25) is 14.6 Å². The van der Waals surface area contributed by atoms with Crippen molar-refractivity contribution in [2.45, 2.75) is 66.2 Å². The predicted octanol–water partition coefficient (Wildman–Crippen LogP) is 4.91. The number of piperazine rings is 2. The van der Waals surface area contributed by atoms with Gasteiger partial charge in [-0.2, -0.15) is 5.26 Å². The van der Waals surface area contributed by atoms with Crippen LogP contribution in [0.5, 0.6) is 5.75 Å². The van der Waals surface area contributed by atoms with Crippen molar-refractivity contribution in [3.8, 4) is 11.8 Å². The summed E-state index contributed by atoms with van der Waals surface area (Å²) in [6.45, 7) is 23.7. The molecule has 5 rings (SSSR count). The number of amides is 2. The van der Waals surface area contributed by atoms with E-state index in [9.17, 15) is 14.9 Å². The lowest BCUT2D eigenvalue weighted by atomic mass is 9.49. The van der Waals surface area contributed by atoms with Crippen LogP contribution in [0, 0.1) is 22.2 Å². The largest absolute Gasteiger partial charge is 0.489 e. The van der Waals surface area contributed by atoms with E-state index in [1.165, 1.54) is 0 Å². The fraction of sp³-hybridized carbons (Fsp3) is 0.632. The number of nitrogens with one attached hydrogen (secondary N) is 1. The molecule has 2 saturated heterocycles. The van der Waals surface area contributed by atoms with Gasteiger partial charge in [0.25, 0.3) is 5.91 Å². The molecule has 2 aromatic rings. The minimum Gasteiger partial charge on any atom is -0.489 e. The van der Waals surface area contributed by atoms with E-state index in [4.69, 9.17) is 25.8 Å². The zero-order valence-electron chi connectivity index (χ0n) is 31.2. The molecule has 1 aliphatic carbocycles. The lowest BCUT2D eigenvalue weighted by Crippen LogP contribution is -2.74. The summed E-state index contributed by atoms with van der Waals surface area (Å²) >= 11 is 6.23. The molecule has 1 aromatic carbocycles. The number of nitrogens with zero attached hydrogens (tertiary/aromatic N) is 6. The molecule has 0 atom stereocenters. The van der Waals surface area contributed by atoms with E-state index in [1.807, 2.05) is 32.9 Å². The average molecular weight is 724 g/mol. The van der Waals surface area contributed by atoms with E-state index in [2.05, 4.69) is 58.8 Å². The second kappa shape index (κ2) is 15.9. The van der Waals surface area contributed by atoms with Crippen LogP contribution in [0.15, 0.2) is 36.5 Å². The SMILES string of the molecule is CC(C)(C)OC(=O)N1CCN(CCOCCN2CCN(c3ccc(C(=O)NC4C(C)(C)C(Oc5ccc(C#N)c(Cl)c5)C4(C)C)cn3)CC2)CC1. The molecule has 3 aliphatic rings. The fourth-order valence-electron chi connectivity index (χ4n) is 7.69. The first-order chi connectivity index (χ1) is 24.1. The number of aromatic nitrogens is 1. The van der Waals surface area contributed by atoms with Crippen LogP contribution in [0.4, 0.5) is 10.6 Å². The Morgan fingerprint density at radius 3 is 2.08 bits per heavy atom. The number of nitriles is 1. The quantitative estimate of drug-likeness (QED) is 0.320. The van der Waals surface area contributed by atoms with Crippen LogP contribution in [0.3, 0.4) is 0 Å². The van der Waals surface area contributed by atoms with E-state index in [-0.39, 0.29) is 35.0 Å². The first-order valence-corrected chi connectivity index (χ1v) is 18.3. The van der Waals surface area contributed by atoms with Crippen molar-refractivity contribution in [2.24, 2.45) is 10.8 Å². The Balaban J connectivity index is 0.992. The summed E-state index contributed by atoms with van der Waals surface area (Å²) in [6, 6.07) is 10.8. The summed E-state index contributed by atoms with van der Waals surface area (Å²) in [7, 11) is 0.